The molecule has 2 N–H and O–H groups in total. The molecule has 0 saturated heterocycles. The first-order valence-corrected chi connectivity index (χ1v) is 11.6. The average Bonchev–Trinajstić information content (AvgIpc) is 2.85. The Labute approximate surface area is 226 Å². The third kappa shape index (κ3) is 9.78. The van der Waals surface area contributed by atoms with Crippen LogP contribution in [0.3, 0.4) is 0 Å². The van der Waals surface area contributed by atoms with E-state index in [9.17, 15) is 37.5 Å². The van der Waals surface area contributed by atoms with Crippen molar-refractivity contribution in [2.75, 3.05) is 10.6 Å². The second-order valence-corrected chi connectivity index (χ2v) is 8.20. The number of carbonyl (C=O) groups excluding carboxylic acids is 6. The topological polar surface area (TPSA) is 163 Å². The van der Waals surface area contributed by atoms with E-state index in [1.165, 1.54) is 24.3 Å². The lowest BCUT2D eigenvalue weighted by molar-refractivity contribution is -0.198. The zero-order valence-electron chi connectivity index (χ0n) is 21.8. The summed E-state index contributed by atoms with van der Waals surface area (Å²) in [4.78, 5) is 74.5. The van der Waals surface area contributed by atoms with Crippen molar-refractivity contribution in [2.45, 2.75) is 52.1 Å². The highest BCUT2D eigenvalue weighted by Crippen LogP contribution is 2.23. The molecule has 0 saturated carbocycles. The molecule has 14 heteroatoms. The minimum atomic E-state index is -2.08. The van der Waals surface area contributed by atoms with Gasteiger partial charge in [0.1, 0.15) is 11.6 Å². The number of esters is 4. The molecule has 12 nitrogen and oxygen atoms in total. The molecule has 2 aromatic rings. The number of amides is 2. The smallest absolute Gasteiger partial charge is 0.303 e. The number of hydrogen-bond acceptors (Lipinski definition) is 10. The van der Waals surface area contributed by atoms with E-state index in [2.05, 4.69) is 10.6 Å². The van der Waals surface area contributed by atoms with Gasteiger partial charge in [-0.3, -0.25) is 28.8 Å². The molecule has 0 radical (unpaired) electrons. The number of carbonyl (C=O) groups is 6. The van der Waals surface area contributed by atoms with Gasteiger partial charge in [0.05, 0.1) is 0 Å². The Morgan fingerprint density at radius 3 is 1.05 bits per heavy atom. The molecule has 4 unspecified atom stereocenters. The molecular formula is C26H26F2N2O10. The molecule has 40 heavy (non-hydrogen) atoms. The summed E-state index contributed by atoms with van der Waals surface area (Å²) in [6.07, 6.45) is -8.25. The predicted octanol–water partition coefficient (Wildman–Crippen LogP) is 2.27. The number of nitrogens with one attached hydrogen (secondary N) is 2. The Morgan fingerprint density at radius 2 is 0.800 bits per heavy atom. The van der Waals surface area contributed by atoms with Gasteiger partial charge in [0.25, 0.3) is 11.8 Å². The molecule has 214 valence electrons. The maximum atomic E-state index is 13.3. The Kier molecular flexibility index (Phi) is 11.2. The quantitative estimate of drug-likeness (QED) is 0.306. The molecule has 0 fully saturated rings. The zero-order valence-corrected chi connectivity index (χ0v) is 21.8. The minimum absolute atomic E-state index is 0.0414. The second kappa shape index (κ2) is 14.3. The monoisotopic (exact) mass is 564 g/mol. The summed E-state index contributed by atoms with van der Waals surface area (Å²) in [5.74, 6) is -7.70. The lowest BCUT2D eigenvalue weighted by Crippen LogP contribution is -2.57. The molecule has 4 atom stereocenters. The van der Waals surface area contributed by atoms with Crippen LogP contribution in [0.15, 0.2) is 48.5 Å². The number of benzene rings is 2. The average molecular weight is 564 g/mol. The maximum absolute atomic E-state index is 13.3. The van der Waals surface area contributed by atoms with Gasteiger partial charge in [-0.15, -0.1) is 0 Å². The van der Waals surface area contributed by atoms with Crippen LogP contribution in [0.2, 0.25) is 0 Å². The first-order valence-electron chi connectivity index (χ1n) is 11.6. The molecule has 0 aliphatic rings. The van der Waals surface area contributed by atoms with Crippen molar-refractivity contribution < 1.29 is 56.5 Å². The van der Waals surface area contributed by atoms with Crippen LogP contribution in [0.5, 0.6) is 0 Å². The molecule has 0 aliphatic heterocycles. The van der Waals surface area contributed by atoms with Crippen LogP contribution in [0.1, 0.15) is 27.7 Å². The van der Waals surface area contributed by atoms with Crippen molar-refractivity contribution in [2.24, 2.45) is 0 Å². The Morgan fingerprint density at radius 1 is 0.525 bits per heavy atom. The van der Waals surface area contributed by atoms with Crippen LogP contribution >= 0.6 is 0 Å². The fourth-order valence-electron chi connectivity index (χ4n) is 3.38. The van der Waals surface area contributed by atoms with Gasteiger partial charge in [0.2, 0.25) is 12.2 Å². The number of rotatable bonds is 11. The van der Waals surface area contributed by atoms with Crippen LogP contribution in [-0.4, -0.2) is 60.1 Å². The number of halogens is 2. The molecule has 0 heterocycles. The van der Waals surface area contributed by atoms with Gasteiger partial charge in [-0.2, -0.15) is 0 Å². The van der Waals surface area contributed by atoms with Crippen LogP contribution in [0.4, 0.5) is 20.2 Å². The van der Waals surface area contributed by atoms with Crippen LogP contribution < -0.4 is 10.6 Å². The second-order valence-electron chi connectivity index (χ2n) is 8.20. The van der Waals surface area contributed by atoms with E-state index in [1.807, 2.05) is 0 Å². The molecule has 2 rings (SSSR count). The predicted molar refractivity (Wildman–Crippen MR) is 132 cm³/mol. The third-order valence-corrected chi connectivity index (χ3v) is 4.85. The number of hydrogen-bond donors (Lipinski definition) is 2. The zero-order chi connectivity index (χ0) is 30.0. The lowest BCUT2D eigenvalue weighted by Gasteiger charge is -2.34. The van der Waals surface area contributed by atoms with E-state index < -0.39 is 71.7 Å². The fourth-order valence-corrected chi connectivity index (χ4v) is 3.38. The van der Waals surface area contributed by atoms with Crippen molar-refractivity contribution in [3.8, 4) is 0 Å². The molecule has 2 aromatic carbocycles. The van der Waals surface area contributed by atoms with Crippen LogP contribution in [0, 0.1) is 11.6 Å². The SMILES string of the molecule is CC(=O)OC(C(=O)Nc1ccc(F)cc1)C(OC(C)=O)C(OC(C)=O)C(OC(C)=O)C(=O)Nc1ccc(F)cc1. The summed E-state index contributed by atoms with van der Waals surface area (Å²) in [6, 6.07) is 8.83. The van der Waals surface area contributed by atoms with Crippen molar-refractivity contribution in [3.63, 3.8) is 0 Å². The Hall–Kier alpha value is -4.88. The standard InChI is InChI=1S/C26H26F2N2O10/c1-13(31)37-21(23(39-15(3)33)25(35)29-19-9-5-17(27)6-10-19)22(38-14(2)32)24(40-16(4)34)26(36)30-20-11-7-18(28)8-12-20/h5-12,21-24H,1-4H3,(H,29,35)(H,30,36). The van der Waals surface area contributed by atoms with Gasteiger partial charge in [-0.25, -0.2) is 8.78 Å². The maximum Gasteiger partial charge on any atom is 0.303 e. The molecule has 0 aromatic heterocycles. The van der Waals surface area contributed by atoms with E-state index in [0.717, 1.165) is 52.0 Å². The van der Waals surface area contributed by atoms with Gasteiger partial charge in [0, 0.05) is 39.1 Å². The highest BCUT2D eigenvalue weighted by atomic mass is 19.1. The minimum Gasteiger partial charge on any atom is -0.454 e. The van der Waals surface area contributed by atoms with Crippen molar-refractivity contribution >= 4 is 47.1 Å². The summed E-state index contributed by atoms with van der Waals surface area (Å²) in [7, 11) is 0. The van der Waals surface area contributed by atoms with E-state index in [0.29, 0.717) is 0 Å². The van der Waals surface area contributed by atoms with Gasteiger partial charge in [-0.05, 0) is 48.5 Å². The highest BCUT2D eigenvalue weighted by molar-refractivity contribution is 5.98. The summed E-state index contributed by atoms with van der Waals surface area (Å²) in [5.41, 5.74) is 0.0829. The van der Waals surface area contributed by atoms with E-state index in [4.69, 9.17) is 18.9 Å². The molecule has 2 amide bonds. The van der Waals surface area contributed by atoms with Crippen LogP contribution in [0.25, 0.3) is 0 Å². The molecule has 0 bridgehead atoms. The summed E-state index contributed by atoms with van der Waals surface area (Å²) in [5, 5.41) is 4.66. The number of anilines is 2. The fraction of sp³-hybridized carbons (Fsp3) is 0.308. The normalized spacial score (nSPS) is 13.4. The van der Waals surface area contributed by atoms with E-state index in [-0.39, 0.29) is 11.4 Å². The summed E-state index contributed by atoms with van der Waals surface area (Å²) >= 11 is 0. The van der Waals surface area contributed by atoms with E-state index >= 15 is 0 Å². The van der Waals surface area contributed by atoms with Gasteiger partial charge >= 0.3 is 23.9 Å². The van der Waals surface area contributed by atoms with Crippen molar-refractivity contribution in [3.05, 3.63) is 60.2 Å². The molecule has 0 aliphatic carbocycles. The highest BCUT2D eigenvalue weighted by Gasteiger charge is 2.49. The largest absolute Gasteiger partial charge is 0.454 e. The summed E-state index contributed by atoms with van der Waals surface area (Å²) < 4.78 is 47.2. The van der Waals surface area contributed by atoms with Gasteiger partial charge in [0.15, 0.2) is 12.2 Å². The first-order chi connectivity index (χ1) is 18.8. The van der Waals surface area contributed by atoms with Crippen LogP contribution in [-0.2, 0) is 47.7 Å². The Bertz CT molecular complexity index is 1150. The van der Waals surface area contributed by atoms with Gasteiger partial charge in [-0.1, -0.05) is 0 Å². The van der Waals surface area contributed by atoms with Crippen molar-refractivity contribution in [1.29, 1.82) is 0 Å². The molecule has 0 spiro atoms. The van der Waals surface area contributed by atoms with E-state index in [1.54, 1.807) is 0 Å². The molecular weight excluding hydrogens is 538 g/mol. The van der Waals surface area contributed by atoms with Crippen molar-refractivity contribution in [1.82, 2.24) is 0 Å². The number of ether oxygens (including phenoxy) is 4. The third-order valence-electron chi connectivity index (χ3n) is 4.85. The Balaban J connectivity index is 2.58. The lowest BCUT2D eigenvalue weighted by atomic mass is 10.00. The first kappa shape index (κ1) is 31.3. The summed E-state index contributed by atoms with van der Waals surface area (Å²) in [6.45, 7) is 3.68. The van der Waals surface area contributed by atoms with Gasteiger partial charge < -0.3 is 29.6 Å².